The average Bonchev–Trinajstić information content (AvgIpc) is 3.24. The van der Waals surface area contributed by atoms with E-state index in [4.69, 9.17) is 0 Å². The predicted octanol–water partition coefficient (Wildman–Crippen LogP) is 5.88. The van der Waals surface area contributed by atoms with Gasteiger partial charge in [0.05, 0.1) is 17.3 Å². The lowest BCUT2D eigenvalue weighted by Crippen LogP contribution is -2.61. The molecule has 2 aliphatic carbocycles. The summed E-state index contributed by atoms with van der Waals surface area (Å²) < 4.78 is 28.4. The van der Waals surface area contributed by atoms with Crippen LogP contribution in [0, 0.1) is 23.5 Å². The maximum atomic E-state index is 14.2. The molecule has 0 aromatic heterocycles. The number of amides is 1. The molecule has 2 atom stereocenters. The van der Waals surface area contributed by atoms with Crippen molar-refractivity contribution < 1.29 is 18.7 Å². The highest BCUT2D eigenvalue weighted by Crippen LogP contribution is 2.49. The fourth-order valence-electron chi connectivity index (χ4n) is 6.39. The van der Waals surface area contributed by atoms with Crippen LogP contribution in [-0.4, -0.2) is 22.7 Å². The maximum Gasteiger partial charge on any atom is 0.228 e. The fourth-order valence-corrected chi connectivity index (χ4v) is 6.39. The molecular weight excluding hydrogens is 448 g/mol. The molecule has 0 radical (unpaired) electrons. The molecule has 5 nitrogen and oxygen atoms in total. The van der Waals surface area contributed by atoms with Crippen molar-refractivity contribution in [2.75, 3.05) is 10.6 Å². The average molecular weight is 484 g/mol. The Morgan fingerprint density at radius 1 is 0.886 bits per heavy atom. The van der Waals surface area contributed by atoms with Gasteiger partial charge in [0.15, 0.2) is 17.3 Å². The lowest BCUT2D eigenvalue weighted by Gasteiger charge is -2.46. The van der Waals surface area contributed by atoms with Gasteiger partial charge < -0.3 is 21.1 Å². The first-order chi connectivity index (χ1) is 17.0. The summed E-state index contributed by atoms with van der Waals surface area (Å²) in [5.74, 6) is -2.66. The zero-order valence-corrected chi connectivity index (χ0v) is 20.0. The Hall–Kier alpha value is -2.67. The molecule has 35 heavy (non-hydrogen) atoms. The van der Waals surface area contributed by atoms with Crippen molar-refractivity contribution in [3.05, 3.63) is 59.7 Å². The topological polar surface area (TPSA) is 73.4 Å². The smallest absolute Gasteiger partial charge is 0.228 e. The first-order valence-corrected chi connectivity index (χ1v) is 13.1. The molecule has 2 aromatic rings. The van der Waals surface area contributed by atoms with Crippen molar-refractivity contribution in [2.24, 2.45) is 11.8 Å². The van der Waals surface area contributed by atoms with Crippen LogP contribution in [-0.2, 0) is 4.79 Å². The van der Waals surface area contributed by atoms with Gasteiger partial charge in [-0.05, 0) is 37.2 Å². The third-order valence-corrected chi connectivity index (χ3v) is 8.14. The molecule has 5 rings (SSSR count). The van der Waals surface area contributed by atoms with Crippen LogP contribution in [0.5, 0.6) is 0 Å². The summed E-state index contributed by atoms with van der Waals surface area (Å²) in [7, 11) is 0. The molecule has 2 unspecified atom stereocenters. The van der Waals surface area contributed by atoms with Crippen LogP contribution in [0.25, 0.3) is 0 Å². The monoisotopic (exact) mass is 483 g/mol. The second-order valence-electron chi connectivity index (χ2n) is 10.5. The fraction of sp³-hybridized carbons (Fsp3) is 0.536. The Morgan fingerprint density at radius 2 is 1.43 bits per heavy atom. The van der Waals surface area contributed by atoms with Gasteiger partial charge in [-0.25, -0.2) is 8.78 Å². The minimum absolute atomic E-state index is 0.0229. The van der Waals surface area contributed by atoms with E-state index >= 15 is 0 Å². The lowest BCUT2D eigenvalue weighted by atomic mass is 9.70. The van der Waals surface area contributed by atoms with E-state index in [2.05, 4.69) is 16.0 Å². The number of nitrogens with one attached hydrogen (secondary N) is 3. The van der Waals surface area contributed by atoms with Gasteiger partial charge in [-0.2, -0.15) is 0 Å². The summed E-state index contributed by atoms with van der Waals surface area (Å²) in [5, 5.41) is 21.7. The molecule has 188 valence electrons. The number of carbonyl (C=O) groups excluding carboxylic acids is 1. The van der Waals surface area contributed by atoms with E-state index in [1.165, 1.54) is 6.42 Å². The van der Waals surface area contributed by atoms with Crippen LogP contribution in [0.3, 0.4) is 0 Å². The van der Waals surface area contributed by atoms with Crippen molar-refractivity contribution in [3.63, 3.8) is 0 Å². The zero-order valence-electron chi connectivity index (χ0n) is 20.0. The van der Waals surface area contributed by atoms with Crippen LogP contribution in [0.4, 0.5) is 20.2 Å². The highest BCUT2D eigenvalue weighted by Gasteiger charge is 2.55. The van der Waals surface area contributed by atoms with Crippen molar-refractivity contribution in [3.8, 4) is 0 Å². The Balaban J connectivity index is 1.57. The summed E-state index contributed by atoms with van der Waals surface area (Å²) in [4.78, 5) is 14.1. The van der Waals surface area contributed by atoms with E-state index in [1.807, 2.05) is 30.3 Å². The van der Waals surface area contributed by atoms with Crippen molar-refractivity contribution >= 4 is 17.3 Å². The first kappa shape index (κ1) is 24.0. The Morgan fingerprint density at radius 3 is 2.00 bits per heavy atom. The van der Waals surface area contributed by atoms with Crippen molar-refractivity contribution in [2.45, 2.75) is 82.0 Å². The number of anilines is 2. The highest BCUT2D eigenvalue weighted by molar-refractivity contribution is 5.86. The number of aliphatic hydroxyl groups is 1. The molecule has 2 aromatic carbocycles. The SMILES string of the molecule is O=C(NC1CCCCC1)C(C1CCCCC1)C1(C(O)c2ccccc2)Nc2cc(F)c(F)cc2N1. The van der Waals surface area contributed by atoms with Gasteiger partial charge in [0.2, 0.25) is 5.91 Å². The number of rotatable bonds is 6. The first-order valence-electron chi connectivity index (χ1n) is 13.1. The third kappa shape index (κ3) is 4.75. The van der Waals surface area contributed by atoms with Crippen LogP contribution < -0.4 is 16.0 Å². The maximum absolute atomic E-state index is 14.2. The number of fused-ring (bicyclic) bond motifs is 1. The van der Waals surface area contributed by atoms with Gasteiger partial charge in [-0.3, -0.25) is 4.79 Å². The Labute approximate surface area is 205 Å². The van der Waals surface area contributed by atoms with Gasteiger partial charge in [0.1, 0.15) is 6.10 Å². The standard InChI is InChI=1S/C28H35F2N3O2/c29-21-16-23-24(17-22(21)30)33-28(32-23,26(34)19-12-6-2-7-13-19)25(18-10-4-1-5-11-18)27(35)31-20-14-8-3-9-15-20/h2,6-7,12-13,16-18,20,25-26,32-34H,1,3-5,8-11,14-15H2,(H,31,35). The molecular formula is C28H35F2N3O2. The molecule has 1 aliphatic heterocycles. The number of benzene rings is 2. The van der Waals surface area contributed by atoms with Crippen molar-refractivity contribution in [1.29, 1.82) is 0 Å². The van der Waals surface area contributed by atoms with E-state index in [9.17, 15) is 18.7 Å². The van der Waals surface area contributed by atoms with Crippen LogP contribution in [0.1, 0.15) is 75.9 Å². The van der Waals surface area contributed by atoms with Gasteiger partial charge in [-0.15, -0.1) is 0 Å². The van der Waals surface area contributed by atoms with Gasteiger partial charge in [-0.1, -0.05) is 68.9 Å². The van der Waals surface area contributed by atoms with Crippen LogP contribution in [0.15, 0.2) is 42.5 Å². The van der Waals surface area contributed by atoms with Crippen LogP contribution in [0.2, 0.25) is 0 Å². The minimum Gasteiger partial charge on any atom is -0.384 e. The second kappa shape index (κ2) is 10.1. The number of carbonyl (C=O) groups is 1. The molecule has 2 fully saturated rings. The lowest BCUT2D eigenvalue weighted by molar-refractivity contribution is -0.132. The Bertz CT molecular complexity index is 1000. The molecule has 1 amide bonds. The number of hydrogen-bond acceptors (Lipinski definition) is 4. The van der Waals surface area contributed by atoms with Gasteiger partial charge >= 0.3 is 0 Å². The molecule has 0 spiro atoms. The normalized spacial score (nSPS) is 21.9. The molecule has 2 saturated carbocycles. The molecule has 0 bridgehead atoms. The van der Waals surface area contributed by atoms with E-state index in [-0.39, 0.29) is 17.9 Å². The largest absolute Gasteiger partial charge is 0.384 e. The summed E-state index contributed by atoms with van der Waals surface area (Å²) in [6.45, 7) is 0. The molecule has 3 aliphatic rings. The Kier molecular flexibility index (Phi) is 6.96. The third-order valence-electron chi connectivity index (χ3n) is 8.14. The predicted molar refractivity (Wildman–Crippen MR) is 133 cm³/mol. The molecule has 7 heteroatoms. The summed E-state index contributed by atoms with van der Waals surface area (Å²) in [5.41, 5.74) is -0.00662. The summed E-state index contributed by atoms with van der Waals surface area (Å²) in [6, 6.07) is 11.5. The van der Waals surface area contributed by atoms with Crippen LogP contribution >= 0.6 is 0 Å². The number of aliphatic hydroxyl groups excluding tert-OH is 1. The van der Waals surface area contributed by atoms with E-state index < -0.39 is 29.3 Å². The van der Waals surface area contributed by atoms with Crippen molar-refractivity contribution in [1.82, 2.24) is 5.32 Å². The number of halogens is 2. The van der Waals surface area contributed by atoms with E-state index in [0.29, 0.717) is 16.9 Å². The van der Waals surface area contributed by atoms with Gasteiger partial charge in [0, 0.05) is 18.2 Å². The molecule has 1 heterocycles. The van der Waals surface area contributed by atoms with E-state index in [0.717, 1.165) is 69.9 Å². The molecule has 4 N–H and O–H groups in total. The summed E-state index contributed by atoms with van der Waals surface area (Å²) >= 11 is 0. The minimum atomic E-state index is -1.34. The highest BCUT2D eigenvalue weighted by atomic mass is 19.2. The molecule has 0 saturated heterocycles. The number of hydrogen-bond donors (Lipinski definition) is 4. The summed E-state index contributed by atoms with van der Waals surface area (Å²) in [6.07, 6.45) is 9.05. The van der Waals surface area contributed by atoms with E-state index in [1.54, 1.807) is 0 Å². The zero-order chi connectivity index (χ0) is 24.4. The quantitative estimate of drug-likeness (QED) is 0.414. The second-order valence-corrected chi connectivity index (χ2v) is 10.5. The van der Waals surface area contributed by atoms with Gasteiger partial charge in [0.25, 0.3) is 0 Å².